The molecule has 1 amide bonds. The first kappa shape index (κ1) is 21.8. The number of amides is 1. The van der Waals surface area contributed by atoms with Gasteiger partial charge in [0.05, 0.1) is 24.9 Å². The Morgan fingerprint density at radius 1 is 1.16 bits per heavy atom. The molecular weight excluding hydrogens is 390 g/mol. The van der Waals surface area contributed by atoms with E-state index in [-0.39, 0.29) is 23.7 Å². The zero-order valence-electron chi connectivity index (χ0n) is 18.8. The van der Waals surface area contributed by atoms with Gasteiger partial charge in [-0.2, -0.15) is 0 Å². The molecule has 2 aliphatic rings. The molecule has 0 aliphatic carbocycles. The van der Waals surface area contributed by atoms with Crippen LogP contribution in [-0.4, -0.2) is 49.3 Å². The van der Waals surface area contributed by atoms with Crippen LogP contribution in [0.25, 0.3) is 0 Å². The molecule has 0 radical (unpaired) electrons. The van der Waals surface area contributed by atoms with Crippen molar-refractivity contribution in [1.29, 1.82) is 0 Å². The number of hydrogen-bond acceptors (Lipinski definition) is 4. The van der Waals surface area contributed by atoms with Gasteiger partial charge in [-0.25, -0.2) is 0 Å². The monoisotopic (exact) mass is 423 g/mol. The lowest BCUT2D eigenvalue weighted by Gasteiger charge is -2.49. The number of hydrogen-bond donors (Lipinski definition) is 0. The number of nitrogens with zero attached hydrogens (tertiary/aromatic N) is 1. The van der Waals surface area contributed by atoms with Gasteiger partial charge in [0.25, 0.3) is 5.91 Å². The van der Waals surface area contributed by atoms with E-state index >= 15 is 0 Å². The van der Waals surface area contributed by atoms with Crippen molar-refractivity contribution in [3.05, 3.63) is 65.2 Å². The number of ether oxygens (including phenoxy) is 3. The van der Waals surface area contributed by atoms with Gasteiger partial charge in [-0.05, 0) is 56.0 Å². The van der Waals surface area contributed by atoms with Crippen molar-refractivity contribution >= 4 is 5.91 Å². The number of carbonyl (C=O) groups is 1. The second-order valence-electron chi connectivity index (χ2n) is 8.69. The Balaban J connectivity index is 1.47. The van der Waals surface area contributed by atoms with E-state index < -0.39 is 0 Å². The van der Waals surface area contributed by atoms with Crippen LogP contribution in [0, 0.1) is 6.92 Å². The average molecular weight is 424 g/mol. The Hall–Kier alpha value is -2.37. The van der Waals surface area contributed by atoms with E-state index in [1.807, 2.05) is 36.1 Å². The van der Waals surface area contributed by atoms with Gasteiger partial charge in [-0.3, -0.25) is 4.79 Å². The van der Waals surface area contributed by atoms with Crippen molar-refractivity contribution in [3.63, 3.8) is 0 Å². The Morgan fingerprint density at radius 2 is 1.90 bits per heavy atom. The fraction of sp³-hybridized carbons (Fsp3) is 0.500. The molecule has 2 saturated heterocycles. The summed E-state index contributed by atoms with van der Waals surface area (Å²) in [6.07, 6.45) is 3.68. The number of carbonyl (C=O) groups excluding carboxylic acids is 1. The molecule has 31 heavy (non-hydrogen) atoms. The van der Waals surface area contributed by atoms with Crippen molar-refractivity contribution in [2.45, 2.75) is 57.3 Å². The molecule has 0 bridgehead atoms. The Labute approximate surface area is 185 Å². The smallest absolute Gasteiger partial charge is 0.254 e. The molecule has 2 fully saturated rings. The van der Waals surface area contributed by atoms with Crippen molar-refractivity contribution in [1.82, 2.24) is 4.90 Å². The first-order chi connectivity index (χ1) is 15.0. The van der Waals surface area contributed by atoms with Crippen LogP contribution in [0.4, 0.5) is 0 Å². The molecular formula is C26H33NO4. The summed E-state index contributed by atoms with van der Waals surface area (Å²) < 4.78 is 18.1. The molecule has 2 unspecified atom stereocenters. The summed E-state index contributed by atoms with van der Waals surface area (Å²) in [6, 6.07) is 16.1. The minimum absolute atomic E-state index is 0.0394. The summed E-state index contributed by atoms with van der Waals surface area (Å²) in [6.45, 7) is 6.12. The number of rotatable bonds is 5. The largest absolute Gasteiger partial charge is 0.497 e. The fourth-order valence-corrected chi connectivity index (χ4v) is 4.98. The second-order valence-corrected chi connectivity index (χ2v) is 8.69. The molecule has 5 nitrogen and oxygen atoms in total. The van der Waals surface area contributed by atoms with Crippen LogP contribution < -0.4 is 4.74 Å². The van der Waals surface area contributed by atoms with Crippen LogP contribution in [0.3, 0.4) is 0 Å². The molecule has 0 saturated carbocycles. The molecule has 2 aliphatic heterocycles. The van der Waals surface area contributed by atoms with E-state index in [0.29, 0.717) is 19.7 Å². The van der Waals surface area contributed by atoms with Gasteiger partial charge in [0.15, 0.2) is 0 Å². The average Bonchev–Trinajstić information content (AvgIpc) is 2.79. The molecule has 1 spiro atoms. The third kappa shape index (κ3) is 4.78. The number of benzene rings is 2. The highest BCUT2D eigenvalue weighted by molar-refractivity contribution is 5.95. The highest BCUT2D eigenvalue weighted by Crippen LogP contribution is 2.44. The van der Waals surface area contributed by atoms with Gasteiger partial charge in [0, 0.05) is 38.1 Å². The van der Waals surface area contributed by atoms with Gasteiger partial charge >= 0.3 is 0 Å². The van der Waals surface area contributed by atoms with Gasteiger partial charge in [-0.15, -0.1) is 0 Å². The molecule has 2 heterocycles. The summed E-state index contributed by atoms with van der Waals surface area (Å²) in [5.74, 6) is 0.864. The van der Waals surface area contributed by atoms with Gasteiger partial charge in [-0.1, -0.05) is 30.3 Å². The molecule has 0 N–H and O–H groups in total. The fourth-order valence-electron chi connectivity index (χ4n) is 4.98. The highest BCUT2D eigenvalue weighted by atomic mass is 16.5. The van der Waals surface area contributed by atoms with Crippen LogP contribution in [0.2, 0.25) is 0 Å². The van der Waals surface area contributed by atoms with Crippen LogP contribution in [0.15, 0.2) is 48.5 Å². The minimum atomic E-state index is -0.232. The maximum Gasteiger partial charge on any atom is 0.254 e. The summed E-state index contributed by atoms with van der Waals surface area (Å²) in [5.41, 5.74) is 2.66. The van der Waals surface area contributed by atoms with Crippen molar-refractivity contribution < 1.29 is 19.0 Å². The second kappa shape index (κ2) is 9.41. The molecule has 166 valence electrons. The molecule has 4 rings (SSSR count). The molecule has 2 atom stereocenters. The van der Waals surface area contributed by atoms with E-state index in [0.717, 1.165) is 42.6 Å². The zero-order valence-corrected chi connectivity index (χ0v) is 18.8. The van der Waals surface area contributed by atoms with Gasteiger partial charge in [0.1, 0.15) is 5.75 Å². The Kier molecular flexibility index (Phi) is 6.63. The van der Waals surface area contributed by atoms with E-state index in [9.17, 15) is 4.79 Å². The van der Waals surface area contributed by atoms with Crippen LogP contribution in [0.1, 0.15) is 60.2 Å². The van der Waals surface area contributed by atoms with Crippen LogP contribution in [-0.2, 0) is 9.47 Å². The first-order valence-corrected chi connectivity index (χ1v) is 11.3. The zero-order chi connectivity index (χ0) is 21.8. The normalized spacial score (nSPS) is 23.0. The first-order valence-electron chi connectivity index (χ1n) is 11.3. The Bertz CT molecular complexity index is 890. The van der Waals surface area contributed by atoms with Gasteiger partial charge < -0.3 is 19.1 Å². The van der Waals surface area contributed by atoms with E-state index in [4.69, 9.17) is 14.2 Å². The van der Waals surface area contributed by atoms with Gasteiger partial charge in [0.2, 0.25) is 0 Å². The SMILES string of the molecule is CCOC1CC(c2ccccc2)OC2(CCN(C(=O)c3ccc(OC)cc3C)CC2)C1. The molecule has 2 aromatic rings. The van der Waals surface area contributed by atoms with Crippen molar-refractivity contribution in [2.75, 3.05) is 26.8 Å². The van der Waals surface area contributed by atoms with E-state index in [1.165, 1.54) is 5.56 Å². The topological polar surface area (TPSA) is 48.0 Å². The third-order valence-corrected chi connectivity index (χ3v) is 6.67. The summed E-state index contributed by atoms with van der Waals surface area (Å²) in [7, 11) is 1.64. The minimum Gasteiger partial charge on any atom is -0.497 e. The predicted molar refractivity (Wildman–Crippen MR) is 121 cm³/mol. The van der Waals surface area contributed by atoms with Crippen molar-refractivity contribution in [2.24, 2.45) is 0 Å². The molecule has 0 aromatic heterocycles. The number of likely N-dealkylation sites (tertiary alicyclic amines) is 1. The molecule has 5 heteroatoms. The third-order valence-electron chi connectivity index (χ3n) is 6.67. The van der Waals surface area contributed by atoms with Crippen molar-refractivity contribution in [3.8, 4) is 5.75 Å². The summed E-state index contributed by atoms with van der Waals surface area (Å²) in [5, 5.41) is 0. The highest BCUT2D eigenvalue weighted by Gasteiger charge is 2.45. The lowest BCUT2D eigenvalue weighted by Crippen LogP contribution is -2.52. The standard InChI is InChI=1S/C26H33NO4/c1-4-30-22-17-24(20-8-6-5-7-9-20)31-26(18-22)12-14-27(15-13-26)25(28)23-11-10-21(29-3)16-19(23)2/h5-11,16,22,24H,4,12-15,17-18H2,1-3H3. The predicted octanol–water partition coefficient (Wildman–Crippen LogP) is 4.94. The van der Waals surface area contributed by atoms with Crippen LogP contribution >= 0.6 is 0 Å². The lowest BCUT2D eigenvalue weighted by molar-refractivity contribution is -0.190. The number of piperidine rings is 1. The number of methoxy groups -OCH3 is 1. The molecule has 2 aromatic carbocycles. The summed E-state index contributed by atoms with van der Waals surface area (Å²) >= 11 is 0. The maximum absolute atomic E-state index is 13.2. The lowest BCUT2D eigenvalue weighted by atomic mass is 9.80. The van der Waals surface area contributed by atoms with Crippen LogP contribution in [0.5, 0.6) is 5.75 Å². The maximum atomic E-state index is 13.2. The number of aryl methyl sites for hydroxylation is 1. The summed E-state index contributed by atoms with van der Waals surface area (Å²) in [4.78, 5) is 15.1. The van der Waals surface area contributed by atoms with E-state index in [2.05, 4.69) is 31.2 Å². The quantitative estimate of drug-likeness (QED) is 0.684. The Morgan fingerprint density at radius 3 is 2.55 bits per heavy atom. The van der Waals surface area contributed by atoms with E-state index in [1.54, 1.807) is 7.11 Å².